The van der Waals surface area contributed by atoms with Gasteiger partial charge in [0.1, 0.15) is 5.69 Å². The first-order valence-electron chi connectivity index (χ1n) is 6.35. The predicted molar refractivity (Wildman–Crippen MR) is 79.6 cm³/mol. The van der Waals surface area contributed by atoms with Crippen molar-refractivity contribution in [3.63, 3.8) is 0 Å². The van der Waals surface area contributed by atoms with Gasteiger partial charge in [0.2, 0.25) is 5.91 Å². The zero-order valence-corrected chi connectivity index (χ0v) is 11.9. The van der Waals surface area contributed by atoms with Crippen molar-refractivity contribution in [2.45, 2.75) is 6.54 Å². The van der Waals surface area contributed by atoms with Crippen LogP contribution in [0.3, 0.4) is 0 Å². The average Bonchev–Trinajstić information content (AvgIpc) is 2.52. The minimum absolute atomic E-state index is 0.433. The molecule has 0 atom stereocenters. The number of methoxy groups -OCH3 is 2. The average molecular weight is 287 g/mol. The fourth-order valence-electron chi connectivity index (χ4n) is 1.94. The fourth-order valence-corrected chi connectivity index (χ4v) is 1.94. The van der Waals surface area contributed by atoms with Crippen molar-refractivity contribution in [3.05, 3.63) is 47.8 Å². The molecule has 0 fully saturated rings. The van der Waals surface area contributed by atoms with Gasteiger partial charge in [-0.25, -0.2) is 0 Å². The van der Waals surface area contributed by atoms with Crippen molar-refractivity contribution < 1.29 is 14.3 Å². The molecule has 0 aliphatic heterocycles. The highest BCUT2D eigenvalue weighted by Crippen LogP contribution is 2.29. The molecule has 1 amide bonds. The van der Waals surface area contributed by atoms with Gasteiger partial charge in [-0.05, 0) is 18.2 Å². The lowest BCUT2D eigenvalue weighted by Gasteiger charge is -2.13. The second-order valence-electron chi connectivity index (χ2n) is 4.29. The Hall–Kier alpha value is -2.76. The summed E-state index contributed by atoms with van der Waals surface area (Å²) in [5.74, 6) is 0.740. The van der Waals surface area contributed by atoms with Crippen LogP contribution in [-0.2, 0) is 6.54 Å². The molecule has 0 unspecified atom stereocenters. The van der Waals surface area contributed by atoms with E-state index < -0.39 is 5.91 Å². The Morgan fingerprint density at radius 3 is 2.76 bits per heavy atom. The number of nitrogens with one attached hydrogen (secondary N) is 1. The highest BCUT2D eigenvalue weighted by atomic mass is 16.5. The van der Waals surface area contributed by atoms with Crippen molar-refractivity contribution in [2.75, 3.05) is 19.5 Å². The van der Waals surface area contributed by atoms with Crippen LogP contribution in [0.5, 0.6) is 11.5 Å². The van der Waals surface area contributed by atoms with Crippen molar-refractivity contribution >= 4 is 11.6 Å². The topological polar surface area (TPSA) is 86.5 Å². The molecule has 6 heteroatoms. The first-order valence-corrected chi connectivity index (χ1v) is 6.35. The van der Waals surface area contributed by atoms with E-state index in [1.54, 1.807) is 44.7 Å². The van der Waals surface area contributed by atoms with Crippen molar-refractivity contribution in [1.29, 1.82) is 0 Å². The van der Waals surface area contributed by atoms with Crippen LogP contribution in [0.4, 0.5) is 5.69 Å². The lowest BCUT2D eigenvalue weighted by atomic mass is 10.2. The maximum atomic E-state index is 11.2. The summed E-state index contributed by atoms with van der Waals surface area (Å²) in [6.45, 7) is 0.433. The molecule has 0 aliphatic rings. The Bertz CT molecular complexity index is 644. The van der Waals surface area contributed by atoms with Gasteiger partial charge in [-0.3, -0.25) is 9.78 Å². The third-order valence-electron chi connectivity index (χ3n) is 2.97. The van der Waals surface area contributed by atoms with E-state index in [0.717, 1.165) is 5.69 Å². The van der Waals surface area contributed by atoms with E-state index in [2.05, 4.69) is 10.3 Å². The maximum absolute atomic E-state index is 11.2. The number of primary amides is 1. The van der Waals surface area contributed by atoms with Crippen LogP contribution in [0.15, 0.2) is 36.5 Å². The minimum Gasteiger partial charge on any atom is -0.493 e. The first-order chi connectivity index (χ1) is 10.2. The van der Waals surface area contributed by atoms with Gasteiger partial charge < -0.3 is 20.5 Å². The normalized spacial score (nSPS) is 10.0. The van der Waals surface area contributed by atoms with E-state index in [9.17, 15) is 4.79 Å². The molecule has 0 radical (unpaired) electrons. The summed E-state index contributed by atoms with van der Waals surface area (Å²) in [6, 6.07) is 8.70. The summed E-state index contributed by atoms with van der Waals surface area (Å²) in [7, 11) is 3.14. The summed E-state index contributed by atoms with van der Waals surface area (Å²) in [4.78, 5) is 15.4. The lowest BCUT2D eigenvalue weighted by molar-refractivity contribution is 0.100. The smallest absolute Gasteiger partial charge is 0.248 e. The Morgan fingerprint density at radius 2 is 2.10 bits per heavy atom. The Kier molecular flexibility index (Phi) is 4.61. The molecule has 21 heavy (non-hydrogen) atoms. The fraction of sp³-hybridized carbons (Fsp3) is 0.200. The summed E-state index contributed by atoms with van der Waals surface area (Å²) in [5, 5.41) is 3.18. The van der Waals surface area contributed by atoms with Crippen LogP contribution in [0.1, 0.15) is 16.1 Å². The number of hydrogen-bond acceptors (Lipinski definition) is 5. The SMILES string of the molecule is COc1ccnc(CNc2cccc(C(N)=O)c2)c1OC. The number of aromatic nitrogens is 1. The number of ether oxygens (including phenoxy) is 2. The molecular formula is C15H17N3O3. The predicted octanol–water partition coefficient (Wildman–Crippen LogP) is 1.81. The van der Waals surface area contributed by atoms with E-state index in [4.69, 9.17) is 15.2 Å². The van der Waals surface area contributed by atoms with Crippen molar-refractivity contribution in [2.24, 2.45) is 5.73 Å². The first kappa shape index (κ1) is 14.6. The largest absolute Gasteiger partial charge is 0.493 e. The third-order valence-corrected chi connectivity index (χ3v) is 2.97. The molecule has 2 rings (SSSR count). The summed E-state index contributed by atoms with van der Waals surface area (Å²) in [6.07, 6.45) is 1.65. The van der Waals surface area contributed by atoms with Gasteiger partial charge in [0.15, 0.2) is 11.5 Å². The molecule has 1 aromatic heterocycles. The van der Waals surface area contributed by atoms with Crippen molar-refractivity contribution in [3.8, 4) is 11.5 Å². The van der Waals surface area contributed by atoms with Crippen LogP contribution in [0.2, 0.25) is 0 Å². The second kappa shape index (κ2) is 6.60. The summed E-state index contributed by atoms with van der Waals surface area (Å²) in [5.41, 5.74) is 7.19. The number of nitrogens with zero attached hydrogens (tertiary/aromatic N) is 1. The molecule has 0 spiro atoms. The number of pyridine rings is 1. The van der Waals surface area contributed by atoms with Gasteiger partial charge in [0.05, 0.1) is 20.8 Å². The van der Waals surface area contributed by atoms with Crippen molar-refractivity contribution in [1.82, 2.24) is 4.98 Å². The monoisotopic (exact) mass is 287 g/mol. The van der Waals surface area contributed by atoms with E-state index in [-0.39, 0.29) is 0 Å². The number of carbonyl (C=O) groups is 1. The number of amides is 1. The van der Waals surface area contributed by atoms with Gasteiger partial charge in [0.25, 0.3) is 0 Å². The number of rotatable bonds is 6. The molecule has 0 aliphatic carbocycles. The van der Waals surface area contributed by atoms with Gasteiger partial charge in [-0.15, -0.1) is 0 Å². The molecule has 2 aromatic rings. The molecule has 0 saturated carbocycles. The van der Waals surface area contributed by atoms with E-state index >= 15 is 0 Å². The molecule has 110 valence electrons. The second-order valence-corrected chi connectivity index (χ2v) is 4.29. The highest BCUT2D eigenvalue weighted by Gasteiger charge is 2.11. The van der Waals surface area contributed by atoms with Crippen LogP contribution in [0.25, 0.3) is 0 Å². The number of benzene rings is 1. The molecule has 0 saturated heterocycles. The maximum Gasteiger partial charge on any atom is 0.248 e. The third kappa shape index (κ3) is 3.42. The Morgan fingerprint density at radius 1 is 1.29 bits per heavy atom. The molecule has 3 N–H and O–H groups in total. The van der Waals surface area contributed by atoms with Gasteiger partial charge in [-0.1, -0.05) is 6.07 Å². The van der Waals surface area contributed by atoms with Gasteiger partial charge >= 0.3 is 0 Å². The zero-order valence-electron chi connectivity index (χ0n) is 11.9. The zero-order chi connectivity index (χ0) is 15.2. The van der Waals surface area contributed by atoms with Crippen LogP contribution in [-0.4, -0.2) is 25.1 Å². The standard InChI is InChI=1S/C15H17N3O3/c1-20-13-6-7-17-12(14(13)21-2)9-18-11-5-3-4-10(8-11)15(16)19/h3-8,18H,9H2,1-2H3,(H2,16,19). The van der Waals surface area contributed by atoms with Gasteiger partial charge in [0, 0.05) is 23.5 Å². The van der Waals surface area contributed by atoms with Crippen LogP contribution >= 0.6 is 0 Å². The number of hydrogen-bond donors (Lipinski definition) is 2. The number of anilines is 1. The molecular weight excluding hydrogens is 270 g/mol. The quantitative estimate of drug-likeness (QED) is 0.846. The van der Waals surface area contributed by atoms with Gasteiger partial charge in [-0.2, -0.15) is 0 Å². The Labute approximate surface area is 122 Å². The number of nitrogens with two attached hydrogens (primary N) is 1. The number of carbonyl (C=O) groups excluding carboxylic acids is 1. The molecule has 6 nitrogen and oxygen atoms in total. The minimum atomic E-state index is -0.462. The molecule has 1 heterocycles. The Balaban J connectivity index is 2.16. The lowest BCUT2D eigenvalue weighted by Crippen LogP contribution is -2.11. The van der Waals surface area contributed by atoms with E-state index in [1.165, 1.54) is 0 Å². The molecule has 1 aromatic carbocycles. The highest BCUT2D eigenvalue weighted by molar-refractivity contribution is 5.93. The molecule has 0 bridgehead atoms. The van der Waals surface area contributed by atoms with E-state index in [0.29, 0.717) is 29.3 Å². The summed E-state index contributed by atoms with van der Waals surface area (Å²) < 4.78 is 10.5. The van der Waals surface area contributed by atoms with E-state index in [1.807, 2.05) is 6.07 Å². The van der Waals surface area contributed by atoms with Crippen LogP contribution in [0, 0.1) is 0 Å². The van der Waals surface area contributed by atoms with Crippen LogP contribution < -0.4 is 20.5 Å². The summed E-state index contributed by atoms with van der Waals surface area (Å²) >= 11 is 0.